The highest BCUT2D eigenvalue weighted by molar-refractivity contribution is 5.97. The summed E-state index contributed by atoms with van der Waals surface area (Å²) in [5.74, 6) is -1.29. The summed E-state index contributed by atoms with van der Waals surface area (Å²) in [5.41, 5.74) is 1.30. The molecule has 0 atom stereocenters. The van der Waals surface area contributed by atoms with Crippen molar-refractivity contribution in [1.82, 2.24) is 15.0 Å². The third kappa shape index (κ3) is 2.42. The molecule has 6 nitrogen and oxygen atoms in total. The van der Waals surface area contributed by atoms with Gasteiger partial charge in [0.15, 0.2) is 11.5 Å². The number of aryl methyl sites for hydroxylation is 1. The first-order chi connectivity index (χ1) is 8.58. The molecule has 2 rings (SSSR count). The molecule has 1 N–H and O–H groups in total. The minimum atomic E-state index is -1.16. The summed E-state index contributed by atoms with van der Waals surface area (Å²) in [6.07, 6.45) is 1.23. The Morgan fingerprint density at radius 1 is 1.33 bits per heavy atom. The zero-order valence-corrected chi connectivity index (χ0v) is 9.70. The van der Waals surface area contributed by atoms with Crippen LogP contribution in [0.3, 0.4) is 0 Å². The second-order valence-corrected chi connectivity index (χ2v) is 3.84. The van der Waals surface area contributed by atoms with Crippen molar-refractivity contribution in [3.8, 4) is 0 Å². The summed E-state index contributed by atoms with van der Waals surface area (Å²) in [6, 6.07) is 7.21. The fourth-order valence-corrected chi connectivity index (χ4v) is 1.59. The summed E-state index contributed by atoms with van der Waals surface area (Å²) >= 11 is 0. The van der Waals surface area contributed by atoms with Gasteiger partial charge in [-0.25, -0.2) is 9.48 Å². The van der Waals surface area contributed by atoms with E-state index in [0.717, 1.165) is 5.56 Å². The van der Waals surface area contributed by atoms with Crippen molar-refractivity contribution in [2.24, 2.45) is 0 Å². The molecule has 6 heteroatoms. The van der Waals surface area contributed by atoms with Gasteiger partial charge in [0, 0.05) is 5.56 Å². The van der Waals surface area contributed by atoms with Crippen molar-refractivity contribution in [1.29, 1.82) is 0 Å². The zero-order valence-electron chi connectivity index (χ0n) is 9.70. The summed E-state index contributed by atoms with van der Waals surface area (Å²) in [4.78, 5) is 22.6. The van der Waals surface area contributed by atoms with Crippen LogP contribution in [0.1, 0.15) is 26.4 Å². The number of rotatable bonds is 4. The zero-order chi connectivity index (χ0) is 13.1. The fraction of sp³-hybridized carbons (Fsp3) is 0.167. The molecule has 0 aliphatic rings. The Hall–Kier alpha value is -2.50. The van der Waals surface area contributed by atoms with E-state index in [9.17, 15) is 9.59 Å². The lowest BCUT2D eigenvalue weighted by Crippen LogP contribution is -2.12. The number of nitrogens with zero attached hydrogens (tertiary/aromatic N) is 3. The lowest BCUT2D eigenvalue weighted by molar-refractivity contribution is 0.0690. The molecule has 0 fully saturated rings. The van der Waals surface area contributed by atoms with Gasteiger partial charge in [0.05, 0.1) is 6.20 Å². The Morgan fingerprint density at radius 3 is 2.67 bits per heavy atom. The van der Waals surface area contributed by atoms with Crippen molar-refractivity contribution in [3.05, 3.63) is 47.3 Å². The maximum atomic E-state index is 12.0. The lowest BCUT2D eigenvalue weighted by atomic mass is 10.1. The van der Waals surface area contributed by atoms with Gasteiger partial charge in [-0.2, -0.15) is 0 Å². The predicted octanol–water partition coefficient (Wildman–Crippen LogP) is 1.17. The average Bonchev–Trinajstić information content (AvgIpc) is 2.78. The number of Topliss-reactive ketones (excluding diaryl/α,β-unsaturated/α-hetero) is 1. The van der Waals surface area contributed by atoms with Crippen LogP contribution in [-0.2, 0) is 6.54 Å². The average molecular weight is 245 g/mol. The minimum absolute atomic E-state index is 0.0227. The van der Waals surface area contributed by atoms with Crippen molar-refractivity contribution in [2.75, 3.05) is 0 Å². The van der Waals surface area contributed by atoms with Gasteiger partial charge < -0.3 is 5.11 Å². The van der Waals surface area contributed by atoms with E-state index < -0.39 is 5.97 Å². The molecule has 0 saturated carbocycles. The van der Waals surface area contributed by atoms with Gasteiger partial charge >= 0.3 is 5.97 Å². The number of aromatic carboxylic acids is 1. The van der Waals surface area contributed by atoms with Crippen LogP contribution < -0.4 is 0 Å². The number of carboxylic acids is 1. The van der Waals surface area contributed by atoms with Gasteiger partial charge in [0.1, 0.15) is 6.54 Å². The van der Waals surface area contributed by atoms with E-state index in [4.69, 9.17) is 5.11 Å². The quantitative estimate of drug-likeness (QED) is 0.817. The van der Waals surface area contributed by atoms with Gasteiger partial charge in [0.25, 0.3) is 0 Å². The molecule has 0 saturated heterocycles. The highest BCUT2D eigenvalue weighted by atomic mass is 16.4. The molecule has 0 bridgehead atoms. The summed E-state index contributed by atoms with van der Waals surface area (Å²) in [7, 11) is 0. The largest absolute Gasteiger partial charge is 0.476 e. The van der Waals surface area contributed by atoms with Crippen LogP contribution in [0.4, 0.5) is 0 Å². The number of ketones is 1. The van der Waals surface area contributed by atoms with E-state index >= 15 is 0 Å². The van der Waals surface area contributed by atoms with Gasteiger partial charge in [-0.3, -0.25) is 4.79 Å². The summed E-state index contributed by atoms with van der Waals surface area (Å²) < 4.78 is 1.22. The molecule has 0 amide bonds. The number of carbonyl (C=O) groups is 2. The Morgan fingerprint density at radius 2 is 2.06 bits per heavy atom. The van der Waals surface area contributed by atoms with Crippen molar-refractivity contribution in [3.63, 3.8) is 0 Å². The molecule has 0 unspecified atom stereocenters. The van der Waals surface area contributed by atoms with Crippen molar-refractivity contribution >= 4 is 11.8 Å². The van der Waals surface area contributed by atoms with Gasteiger partial charge in [-0.15, -0.1) is 5.10 Å². The number of benzene rings is 1. The maximum Gasteiger partial charge on any atom is 0.358 e. The number of aromatic nitrogens is 3. The van der Waals surface area contributed by atoms with E-state index in [1.807, 2.05) is 19.1 Å². The normalized spacial score (nSPS) is 10.3. The van der Waals surface area contributed by atoms with Gasteiger partial charge in [-0.1, -0.05) is 29.5 Å². The van der Waals surface area contributed by atoms with E-state index in [-0.39, 0.29) is 18.0 Å². The highest BCUT2D eigenvalue weighted by Gasteiger charge is 2.13. The van der Waals surface area contributed by atoms with Gasteiger partial charge in [-0.05, 0) is 12.5 Å². The predicted molar refractivity (Wildman–Crippen MR) is 62.5 cm³/mol. The topological polar surface area (TPSA) is 85.1 Å². The Bertz CT molecular complexity index is 604. The van der Waals surface area contributed by atoms with E-state index in [0.29, 0.717) is 5.56 Å². The second kappa shape index (κ2) is 4.79. The Balaban J connectivity index is 2.16. The third-order valence-corrected chi connectivity index (χ3v) is 2.51. The van der Waals surface area contributed by atoms with E-state index in [1.165, 1.54) is 10.9 Å². The maximum absolute atomic E-state index is 12.0. The molecule has 0 radical (unpaired) electrons. The van der Waals surface area contributed by atoms with Crippen LogP contribution >= 0.6 is 0 Å². The van der Waals surface area contributed by atoms with Gasteiger partial charge in [0.2, 0.25) is 0 Å². The molecule has 92 valence electrons. The minimum Gasteiger partial charge on any atom is -0.476 e. The van der Waals surface area contributed by atoms with E-state index in [1.54, 1.807) is 12.1 Å². The number of hydrogen-bond acceptors (Lipinski definition) is 4. The number of hydrogen-bond donors (Lipinski definition) is 1. The molecule has 0 aliphatic heterocycles. The molecule has 18 heavy (non-hydrogen) atoms. The first-order valence-electron chi connectivity index (χ1n) is 5.30. The van der Waals surface area contributed by atoms with Crippen LogP contribution in [0.25, 0.3) is 0 Å². The lowest BCUT2D eigenvalue weighted by Gasteiger charge is -2.03. The van der Waals surface area contributed by atoms with Crippen molar-refractivity contribution in [2.45, 2.75) is 13.5 Å². The number of carboxylic acid groups (broad SMARTS) is 1. The Kier molecular flexibility index (Phi) is 3.18. The molecular formula is C12H11N3O3. The van der Waals surface area contributed by atoms with Crippen molar-refractivity contribution < 1.29 is 14.7 Å². The monoisotopic (exact) mass is 245 g/mol. The van der Waals surface area contributed by atoms with Crippen LogP contribution in [0, 0.1) is 6.92 Å². The van der Waals surface area contributed by atoms with Crippen LogP contribution in [-0.4, -0.2) is 31.9 Å². The summed E-state index contributed by atoms with van der Waals surface area (Å²) in [5, 5.41) is 15.7. The van der Waals surface area contributed by atoms with Crippen LogP contribution in [0.2, 0.25) is 0 Å². The molecule has 1 aromatic heterocycles. The standard InChI is InChI=1S/C12H11N3O3/c1-8-4-2-3-5-9(8)11(16)7-15-6-10(12(17)18)13-14-15/h2-6H,7H2,1H3,(H,17,18). The molecule has 1 heterocycles. The summed E-state index contributed by atoms with van der Waals surface area (Å²) in [6.45, 7) is 1.82. The fourth-order valence-electron chi connectivity index (χ4n) is 1.59. The number of carbonyl (C=O) groups excluding carboxylic acids is 1. The second-order valence-electron chi connectivity index (χ2n) is 3.84. The highest BCUT2D eigenvalue weighted by Crippen LogP contribution is 2.08. The molecule has 2 aromatic rings. The van der Waals surface area contributed by atoms with Crippen LogP contribution in [0.5, 0.6) is 0 Å². The molecule has 0 spiro atoms. The first-order valence-corrected chi connectivity index (χ1v) is 5.30. The first kappa shape index (κ1) is 12.0. The van der Waals surface area contributed by atoms with Crippen LogP contribution in [0.15, 0.2) is 30.5 Å². The third-order valence-electron chi connectivity index (χ3n) is 2.51. The van der Waals surface area contributed by atoms with E-state index in [2.05, 4.69) is 10.3 Å². The Labute approximate surface area is 103 Å². The molecule has 0 aliphatic carbocycles. The molecule has 1 aromatic carbocycles. The SMILES string of the molecule is Cc1ccccc1C(=O)Cn1cc(C(=O)O)nn1. The smallest absolute Gasteiger partial charge is 0.358 e. The molecular weight excluding hydrogens is 234 g/mol.